The monoisotopic (exact) mass is 289 g/mol. The highest BCUT2D eigenvalue weighted by molar-refractivity contribution is 5.57. The third-order valence-corrected chi connectivity index (χ3v) is 3.14. The Hall–Kier alpha value is -2.56. The van der Waals surface area contributed by atoms with Gasteiger partial charge in [-0.1, -0.05) is 0 Å². The van der Waals surface area contributed by atoms with Crippen molar-refractivity contribution in [1.29, 1.82) is 0 Å². The molecule has 0 atom stereocenters. The van der Waals surface area contributed by atoms with E-state index in [0.717, 1.165) is 11.3 Å². The van der Waals surface area contributed by atoms with Crippen LogP contribution in [0.5, 0.6) is 23.0 Å². The Kier molecular flexibility index (Phi) is 4.77. The van der Waals surface area contributed by atoms with Crippen molar-refractivity contribution in [2.45, 2.75) is 6.54 Å². The van der Waals surface area contributed by atoms with Crippen LogP contribution in [-0.2, 0) is 6.54 Å². The minimum atomic E-state index is 0.240. The maximum atomic E-state index is 9.27. The standard InChI is InChI=1S/C16H19NO4/c1-19-14-9-4-11(15(20-2)16(14)21-3)10-17-12-5-7-13(18)8-6-12/h4-9,17-18H,10H2,1-3H3. The molecule has 0 unspecified atom stereocenters. The van der Waals surface area contributed by atoms with E-state index in [1.165, 1.54) is 0 Å². The topological polar surface area (TPSA) is 60.0 Å². The van der Waals surface area contributed by atoms with Gasteiger partial charge in [-0.15, -0.1) is 0 Å². The third-order valence-electron chi connectivity index (χ3n) is 3.14. The molecule has 0 radical (unpaired) electrons. The van der Waals surface area contributed by atoms with E-state index in [4.69, 9.17) is 14.2 Å². The molecule has 5 nitrogen and oxygen atoms in total. The van der Waals surface area contributed by atoms with Gasteiger partial charge in [0.2, 0.25) is 5.75 Å². The van der Waals surface area contributed by atoms with Gasteiger partial charge in [0.15, 0.2) is 11.5 Å². The molecule has 0 saturated heterocycles. The largest absolute Gasteiger partial charge is 0.508 e. The molecular weight excluding hydrogens is 270 g/mol. The number of hydrogen-bond acceptors (Lipinski definition) is 5. The van der Waals surface area contributed by atoms with E-state index in [1.807, 2.05) is 24.3 Å². The van der Waals surface area contributed by atoms with Crippen LogP contribution in [0.2, 0.25) is 0 Å². The maximum Gasteiger partial charge on any atom is 0.203 e. The van der Waals surface area contributed by atoms with E-state index in [1.54, 1.807) is 33.5 Å². The molecule has 112 valence electrons. The first-order valence-corrected chi connectivity index (χ1v) is 6.50. The van der Waals surface area contributed by atoms with Crippen molar-refractivity contribution in [2.75, 3.05) is 26.6 Å². The molecule has 2 rings (SSSR count). The second-order valence-electron chi connectivity index (χ2n) is 4.39. The highest BCUT2D eigenvalue weighted by Gasteiger charge is 2.15. The van der Waals surface area contributed by atoms with Crippen LogP contribution in [0.3, 0.4) is 0 Å². The van der Waals surface area contributed by atoms with E-state index in [2.05, 4.69) is 5.32 Å². The van der Waals surface area contributed by atoms with Gasteiger partial charge < -0.3 is 24.6 Å². The van der Waals surface area contributed by atoms with Gasteiger partial charge in [0, 0.05) is 17.8 Å². The SMILES string of the molecule is COc1ccc(CNc2ccc(O)cc2)c(OC)c1OC. The van der Waals surface area contributed by atoms with Crippen LogP contribution in [-0.4, -0.2) is 26.4 Å². The maximum absolute atomic E-state index is 9.27. The molecule has 0 spiro atoms. The molecule has 21 heavy (non-hydrogen) atoms. The lowest BCUT2D eigenvalue weighted by molar-refractivity contribution is 0.322. The van der Waals surface area contributed by atoms with Gasteiger partial charge in [0.1, 0.15) is 5.75 Å². The highest BCUT2D eigenvalue weighted by Crippen LogP contribution is 2.39. The van der Waals surface area contributed by atoms with Crippen molar-refractivity contribution in [1.82, 2.24) is 0 Å². The average Bonchev–Trinajstić information content (AvgIpc) is 2.53. The molecule has 0 heterocycles. The van der Waals surface area contributed by atoms with Gasteiger partial charge in [-0.3, -0.25) is 0 Å². The van der Waals surface area contributed by atoms with Crippen LogP contribution in [0.4, 0.5) is 5.69 Å². The number of phenolic OH excluding ortho intramolecular Hbond substituents is 1. The zero-order valence-corrected chi connectivity index (χ0v) is 12.3. The summed E-state index contributed by atoms with van der Waals surface area (Å²) in [6, 6.07) is 10.6. The molecule has 5 heteroatoms. The van der Waals surface area contributed by atoms with Crippen LogP contribution >= 0.6 is 0 Å². The van der Waals surface area contributed by atoms with Gasteiger partial charge in [0.05, 0.1) is 21.3 Å². The molecule has 2 N–H and O–H groups in total. The molecule has 0 aliphatic carbocycles. The quantitative estimate of drug-likeness (QED) is 0.800. The number of nitrogens with one attached hydrogen (secondary N) is 1. The molecule has 2 aromatic rings. The Morgan fingerprint density at radius 2 is 1.52 bits per heavy atom. The zero-order valence-electron chi connectivity index (χ0n) is 12.3. The number of phenols is 1. The van der Waals surface area contributed by atoms with Crippen molar-refractivity contribution < 1.29 is 19.3 Å². The lowest BCUT2D eigenvalue weighted by atomic mass is 10.1. The Balaban J connectivity index is 2.21. The Morgan fingerprint density at radius 3 is 2.10 bits per heavy atom. The Labute approximate surface area is 124 Å². The fourth-order valence-corrected chi connectivity index (χ4v) is 2.08. The van der Waals surface area contributed by atoms with Gasteiger partial charge >= 0.3 is 0 Å². The summed E-state index contributed by atoms with van der Waals surface area (Å²) in [6.45, 7) is 0.564. The lowest BCUT2D eigenvalue weighted by Crippen LogP contribution is -2.04. The van der Waals surface area contributed by atoms with Crippen LogP contribution in [0.15, 0.2) is 36.4 Å². The smallest absolute Gasteiger partial charge is 0.203 e. The molecule has 0 aliphatic heterocycles. The van der Waals surface area contributed by atoms with Crippen molar-refractivity contribution in [3.63, 3.8) is 0 Å². The normalized spacial score (nSPS) is 10.0. The van der Waals surface area contributed by atoms with Crippen LogP contribution in [0, 0.1) is 0 Å². The lowest BCUT2D eigenvalue weighted by Gasteiger charge is -2.16. The Morgan fingerprint density at radius 1 is 0.857 bits per heavy atom. The van der Waals surface area contributed by atoms with Crippen LogP contribution in [0.1, 0.15) is 5.56 Å². The summed E-state index contributed by atoms with van der Waals surface area (Å²) in [6.07, 6.45) is 0. The summed E-state index contributed by atoms with van der Waals surface area (Å²) in [7, 11) is 4.77. The van der Waals surface area contributed by atoms with Gasteiger partial charge in [-0.2, -0.15) is 0 Å². The van der Waals surface area contributed by atoms with Crippen molar-refractivity contribution in [2.24, 2.45) is 0 Å². The summed E-state index contributed by atoms with van der Waals surface area (Å²) in [5, 5.41) is 12.5. The molecule has 0 bridgehead atoms. The number of rotatable bonds is 6. The summed E-state index contributed by atoms with van der Waals surface area (Å²) in [5.74, 6) is 2.08. The van der Waals surface area contributed by atoms with Gasteiger partial charge in [0.25, 0.3) is 0 Å². The first-order valence-electron chi connectivity index (χ1n) is 6.50. The summed E-state index contributed by atoms with van der Waals surface area (Å²) >= 11 is 0. The molecule has 0 amide bonds. The molecule has 0 aromatic heterocycles. The second kappa shape index (κ2) is 6.74. The predicted octanol–water partition coefficient (Wildman–Crippen LogP) is 3.03. The van der Waals surface area contributed by atoms with Gasteiger partial charge in [-0.05, 0) is 36.4 Å². The van der Waals surface area contributed by atoms with Crippen molar-refractivity contribution >= 4 is 5.69 Å². The summed E-state index contributed by atoms with van der Waals surface area (Å²) < 4.78 is 16.0. The van der Waals surface area contributed by atoms with E-state index in [9.17, 15) is 5.11 Å². The number of ether oxygens (including phenoxy) is 3. The second-order valence-corrected chi connectivity index (χ2v) is 4.39. The number of hydrogen-bond donors (Lipinski definition) is 2. The number of aromatic hydroxyl groups is 1. The van der Waals surface area contributed by atoms with E-state index < -0.39 is 0 Å². The van der Waals surface area contributed by atoms with Crippen LogP contribution in [0.25, 0.3) is 0 Å². The Bertz CT molecular complexity index is 596. The zero-order chi connectivity index (χ0) is 15.2. The van der Waals surface area contributed by atoms with Crippen LogP contribution < -0.4 is 19.5 Å². The highest BCUT2D eigenvalue weighted by atomic mass is 16.5. The minimum Gasteiger partial charge on any atom is -0.508 e. The van der Waals surface area contributed by atoms with Crippen molar-refractivity contribution in [3.05, 3.63) is 42.0 Å². The fourth-order valence-electron chi connectivity index (χ4n) is 2.08. The molecule has 0 aliphatic rings. The summed E-state index contributed by atoms with van der Waals surface area (Å²) in [5.41, 5.74) is 1.85. The average molecular weight is 289 g/mol. The minimum absolute atomic E-state index is 0.240. The molecule has 0 fully saturated rings. The predicted molar refractivity (Wildman–Crippen MR) is 81.5 cm³/mol. The third kappa shape index (κ3) is 3.31. The number of methoxy groups -OCH3 is 3. The molecular formula is C16H19NO4. The number of anilines is 1. The molecule has 2 aromatic carbocycles. The van der Waals surface area contributed by atoms with E-state index in [0.29, 0.717) is 23.8 Å². The van der Waals surface area contributed by atoms with Crippen molar-refractivity contribution in [3.8, 4) is 23.0 Å². The van der Waals surface area contributed by atoms with E-state index in [-0.39, 0.29) is 5.75 Å². The fraction of sp³-hybridized carbons (Fsp3) is 0.250. The first-order chi connectivity index (χ1) is 10.2. The van der Waals surface area contributed by atoms with E-state index >= 15 is 0 Å². The number of benzene rings is 2. The van der Waals surface area contributed by atoms with Gasteiger partial charge in [-0.25, -0.2) is 0 Å². The first kappa shape index (κ1) is 14.8. The summed E-state index contributed by atoms with van der Waals surface area (Å²) in [4.78, 5) is 0. The molecule has 0 saturated carbocycles.